The van der Waals surface area contributed by atoms with Gasteiger partial charge in [-0.25, -0.2) is 0 Å². The van der Waals surface area contributed by atoms with Crippen LogP contribution in [0.25, 0.3) is 0 Å². The number of likely N-dealkylation sites (tertiary alicyclic amines) is 1. The van der Waals surface area contributed by atoms with Crippen LogP contribution in [0.5, 0.6) is 0 Å². The van der Waals surface area contributed by atoms with Gasteiger partial charge in [0, 0.05) is 13.1 Å². The van der Waals surface area contributed by atoms with Crippen molar-refractivity contribution in [3.8, 4) is 0 Å². The molecule has 1 heterocycles. The van der Waals surface area contributed by atoms with Crippen LogP contribution >= 0.6 is 0 Å². The van der Waals surface area contributed by atoms with E-state index >= 15 is 0 Å². The topological polar surface area (TPSA) is 35.5 Å². The Morgan fingerprint density at radius 3 is 2.40 bits per heavy atom. The summed E-state index contributed by atoms with van der Waals surface area (Å²) < 4.78 is 0. The van der Waals surface area contributed by atoms with Crippen LogP contribution < -0.4 is 5.32 Å². The maximum absolute atomic E-state index is 8.94. The highest BCUT2D eigenvalue weighted by molar-refractivity contribution is 5.28. The SMILES string of the molecule is Cc1cc(C)cc(CNCC2CCN(CCO)CC2)c1. The van der Waals surface area contributed by atoms with Gasteiger partial charge in [0.05, 0.1) is 6.61 Å². The summed E-state index contributed by atoms with van der Waals surface area (Å²) in [5.41, 5.74) is 4.08. The molecule has 0 amide bonds. The maximum Gasteiger partial charge on any atom is 0.0558 e. The summed E-state index contributed by atoms with van der Waals surface area (Å²) >= 11 is 0. The smallest absolute Gasteiger partial charge is 0.0558 e. The lowest BCUT2D eigenvalue weighted by molar-refractivity contribution is 0.146. The molecule has 0 radical (unpaired) electrons. The van der Waals surface area contributed by atoms with Crippen LogP contribution in [0.1, 0.15) is 29.5 Å². The lowest BCUT2D eigenvalue weighted by atomic mass is 9.96. The number of hydrogen-bond donors (Lipinski definition) is 2. The van der Waals surface area contributed by atoms with Crippen molar-refractivity contribution in [3.63, 3.8) is 0 Å². The summed E-state index contributed by atoms with van der Waals surface area (Å²) in [6.45, 7) is 9.80. The molecule has 0 aliphatic carbocycles. The molecule has 1 aliphatic heterocycles. The van der Waals surface area contributed by atoms with E-state index in [9.17, 15) is 0 Å². The first kappa shape index (κ1) is 15.5. The van der Waals surface area contributed by atoms with Gasteiger partial charge < -0.3 is 15.3 Å². The van der Waals surface area contributed by atoms with E-state index < -0.39 is 0 Å². The number of hydrogen-bond acceptors (Lipinski definition) is 3. The third-order valence-corrected chi connectivity index (χ3v) is 4.17. The van der Waals surface area contributed by atoms with E-state index in [4.69, 9.17) is 5.11 Å². The molecule has 3 heteroatoms. The van der Waals surface area contributed by atoms with Gasteiger partial charge >= 0.3 is 0 Å². The first-order valence-corrected chi connectivity index (χ1v) is 7.78. The van der Waals surface area contributed by atoms with Gasteiger partial charge in [-0.1, -0.05) is 29.3 Å². The predicted octanol–water partition coefficient (Wildman–Crippen LogP) is 2.10. The zero-order chi connectivity index (χ0) is 14.4. The fraction of sp³-hybridized carbons (Fsp3) is 0.647. The molecule has 0 bridgehead atoms. The molecule has 1 aromatic carbocycles. The second-order valence-corrected chi connectivity index (χ2v) is 6.14. The predicted molar refractivity (Wildman–Crippen MR) is 83.9 cm³/mol. The number of nitrogens with one attached hydrogen (secondary N) is 1. The number of β-amino-alcohol motifs (C(OH)–C–C–N with tert-alkyl or cyclic N) is 1. The van der Waals surface area contributed by atoms with Crippen molar-refractivity contribution >= 4 is 0 Å². The summed E-state index contributed by atoms with van der Waals surface area (Å²) in [7, 11) is 0. The van der Waals surface area contributed by atoms with Gasteiger partial charge in [0.15, 0.2) is 0 Å². The van der Waals surface area contributed by atoms with Crippen LogP contribution in [0.15, 0.2) is 18.2 Å². The first-order valence-electron chi connectivity index (χ1n) is 7.78. The summed E-state index contributed by atoms with van der Waals surface area (Å²) in [5.74, 6) is 0.788. The Morgan fingerprint density at radius 1 is 1.15 bits per heavy atom. The van der Waals surface area contributed by atoms with Gasteiger partial charge in [0.2, 0.25) is 0 Å². The number of aryl methyl sites for hydroxylation is 2. The highest BCUT2D eigenvalue weighted by Gasteiger charge is 2.18. The van der Waals surface area contributed by atoms with Gasteiger partial charge in [-0.15, -0.1) is 0 Å². The quantitative estimate of drug-likeness (QED) is 0.835. The highest BCUT2D eigenvalue weighted by atomic mass is 16.3. The van der Waals surface area contributed by atoms with Crippen LogP contribution in [-0.4, -0.2) is 42.8 Å². The minimum absolute atomic E-state index is 0.287. The van der Waals surface area contributed by atoms with E-state index in [2.05, 4.69) is 42.3 Å². The van der Waals surface area contributed by atoms with Crippen LogP contribution in [0.2, 0.25) is 0 Å². The molecule has 0 unspecified atom stereocenters. The minimum Gasteiger partial charge on any atom is -0.395 e. The largest absolute Gasteiger partial charge is 0.395 e. The number of benzene rings is 1. The van der Waals surface area contributed by atoms with E-state index in [-0.39, 0.29) is 6.61 Å². The Morgan fingerprint density at radius 2 is 1.80 bits per heavy atom. The third-order valence-electron chi connectivity index (χ3n) is 4.17. The molecule has 3 nitrogen and oxygen atoms in total. The number of aliphatic hydroxyl groups is 1. The molecule has 0 atom stereocenters. The average Bonchev–Trinajstić information content (AvgIpc) is 2.40. The number of nitrogens with zero attached hydrogens (tertiary/aromatic N) is 1. The zero-order valence-corrected chi connectivity index (χ0v) is 12.9. The van der Waals surface area contributed by atoms with Crippen molar-refractivity contribution in [2.45, 2.75) is 33.2 Å². The zero-order valence-electron chi connectivity index (χ0n) is 12.9. The number of rotatable bonds is 6. The molecule has 1 aliphatic rings. The van der Waals surface area contributed by atoms with Crippen LogP contribution in [0.4, 0.5) is 0 Å². The van der Waals surface area contributed by atoms with E-state index in [0.29, 0.717) is 0 Å². The monoisotopic (exact) mass is 276 g/mol. The van der Waals surface area contributed by atoms with E-state index in [0.717, 1.165) is 38.6 Å². The molecule has 2 rings (SSSR count). The lowest BCUT2D eigenvalue weighted by Gasteiger charge is -2.31. The van der Waals surface area contributed by atoms with Crippen molar-refractivity contribution in [1.29, 1.82) is 0 Å². The van der Waals surface area contributed by atoms with Gasteiger partial charge in [0.1, 0.15) is 0 Å². The molecule has 0 aromatic heterocycles. The average molecular weight is 276 g/mol. The fourth-order valence-corrected chi connectivity index (χ4v) is 3.15. The van der Waals surface area contributed by atoms with Gasteiger partial charge in [-0.3, -0.25) is 0 Å². The summed E-state index contributed by atoms with van der Waals surface area (Å²) in [4.78, 5) is 2.36. The molecular weight excluding hydrogens is 248 g/mol. The molecule has 112 valence electrons. The molecule has 20 heavy (non-hydrogen) atoms. The molecule has 1 aromatic rings. The normalized spacial score (nSPS) is 17.6. The van der Waals surface area contributed by atoms with Crippen molar-refractivity contribution in [3.05, 3.63) is 34.9 Å². The van der Waals surface area contributed by atoms with E-state index in [1.807, 2.05) is 0 Å². The minimum atomic E-state index is 0.287. The molecule has 0 spiro atoms. The maximum atomic E-state index is 8.94. The Labute approximate surface area is 123 Å². The summed E-state index contributed by atoms with van der Waals surface area (Å²) in [5, 5.41) is 12.5. The molecular formula is C17H28N2O. The molecule has 1 fully saturated rings. The lowest BCUT2D eigenvalue weighted by Crippen LogP contribution is -2.38. The second-order valence-electron chi connectivity index (χ2n) is 6.14. The van der Waals surface area contributed by atoms with Crippen LogP contribution in [0, 0.1) is 19.8 Å². The molecule has 2 N–H and O–H groups in total. The Hall–Kier alpha value is -0.900. The van der Waals surface area contributed by atoms with Crippen molar-refractivity contribution in [2.75, 3.05) is 32.8 Å². The van der Waals surface area contributed by atoms with E-state index in [1.165, 1.54) is 29.5 Å². The summed E-state index contributed by atoms with van der Waals surface area (Å²) in [6.07, 6.45) is 2.50. The Kier molecular flexibility index (Phi) is 6.02. The first-order chi connectivity index (χ1) is 9.67. The van der Waals surface area contributed by atoms with Crippen LogP contribution in [0.3, 0.4) is 0 Å². The third kappa shape index (κ3) is 4.89. The number of aliphatic hydroxyl groups excluding tert-OH is 1. The van der Waals surface area contributed by atoms with Gasteiger partial charge in [-0.05, 0) is 57.8 Å². The van der Waals surface area contributed by atoms with Gasteiger partial charge in [-0.2, -0.15) is 0 Å². The van der Waals surface area contributed by atoms with Crippen molar-refractivity contribution in [1.82, 2.24) is 10.2 Å². The molecule has 1 saturated heterocycles. The van der Waals surface area contributed by atoms with Crippen molar-refractivity contribution in [2.24, 2.45) is 5.92 Å². The van der Waals surface area contributed by atoms with E-state index in [1.54, 1.807) is 0 Å². The number of piperidine rings is 1. The standard InChI is InChI=1S/C17H28N2O/c1-14-9-15(2)11-17(10-14)13-18-12-16-3-5-19(6-4-16)7-8-20/h9-11,16,18,20H,3-8,12-13H2,1-2H3. The Balaban J connectivity index is 1.69. The second kappa shape index (κ2) is 7.77. The molecule has 0 saturated carbocycles. The fourth-order valence-electron chi connectivity index (χ4n) is 3.15. The van der Waals surface area contributed by atoms with Crippen molar-refractivity contribution < 1.29 is 5.11 Å². The van der Waals surface area contributed by atoms with Crippen LogP contribution in [-0.2, 0) is 6.54 Å². The summed E-state index contributed by atoms with van der Waals surface area (Å²) in [6, 6.07) is 6.76. The highest BCUT2D eigenvalue weighted by Crippen LogP contribution is 2.16. The van der Waals surface area contributed by atoms with Gasteiger partial charge in [0.25, 0.3) is 0 Å². The Bertz CT molecular complexity index is 391.